The quantitative estimate of drug-likeness (QED) is 0.760. The maximum absolute atomic E-state index is 12.7. The molecule has 0 unspecified atom stereocenters. The largest absolute Gasteiger partial charge is 0.491 e. The monoisotopic (exact) mass is 396 g/mol. The first-order valence-corrected chi connectivity index (χ1v) is 9.96. The number of nitrogens with zero attached hydrogens (tertiary/aromatic N) is 1. The molecule has 3 rings (SSSR count). The number of rotatable bonds is 7. The van der Waals surface area contributed by atoms with E-state index in [2.05, 4.69) is 5.32 Å². The van der Waals surface area contributed by atoms with Gasteiger partial charge in [0.15, 0.2) is 0 Å². The predicted octanol–water partition coefficient (Wildman–Crippen LogP) is 4.25. The van der Waals surface area contributed by atoms with E-state index in [0.717, 1.165) is 11.4 Å². The molecule has 1 N–H and O–H groups in total. The Morgan fingerprint density at radius 2 is 1.66 bits per heavy atom. The minimum Gasteiger partial charge on any atom is -0.491 e. The summed E-state index contributed by atoms with van der Waals surface area (Å²) in [4.78, 5) is 26.8. The van der Waals surface area contributed by atoms with Gasteiger partial charge in [0, 0.05) is 30.4 Å². The first kappa shape index (κ1) is 20.7. The minimum absolute atomic E-state index is 0.0549. The lowest BCUT2D eigenvalue weighted by molar-refractivity contribution is -0.122. The lowest BCUT2D eigenvalue weighted by Gasteiger charge is -2.18. The van der Waals surface area contributed by atoms with Crippen LogP contribution in [0.5, 0.6) is 11.5 Å². The van der Waals surface area contributed by atoms with Gasteiger partial charge in [0.05, 0.1) is 18.1 Å². The number of amides is 2. The van der Waals surface area contributed by atoms with E-state index in [9.17, 15) is 9.59 Å². The van der Waals surface area contributed by atoms with Gasteiger partial charge in [-0.2, -0.15) is 0 Å². The normalized spacial score (nSPS) is 16.4. The summed E-state index contributed by atoms with van der Waals surface area (Å²) in [6.07, 6.45) is 0.337. The predicted molar refractivity (Wildman–Crippen MR) is 114 cm³/mol. The van der Waals surface area contributed by atoms with Crippen LogP contribution in [0.3, 0.4) is 0 Å². The lowest BCUT2D eigenvalue weighted by Crippen LogP contribution is -2.28. The minimum atomic E-state index is -0.399. The van der Waals surface area contributed by atoms with Crippen LogP contribution in [0.1, 0.15) is 34.1 Å². The smallest absolute Gasteiger partial charge is 0.229 e. The molecule has 0 radical (unpaired) electrons. The molecule has 0 aromatic heterocycles. The summed E-state index contributed by atoms with van der Waals surface area (Å²) in [6, 6.07) is 14.7. The molecule has 0 aliphatic carbocycles. The van der Waals surface area contributed by atoms with Crippen LogP contribution in [0.25, 0.3) is 0 Å². The Bertz CT molecular complexity index is 861. The highest BCUT2D eigenvalue weighted by Gasteiger charge is 2.35. The van der Waals surface area contributed by atoms with Gasteiger partial charge in [0.1, 0.15) is 11.5 Å². The molecule has 2 aromatic carbocycles. The van der Waals surface area contributed by atoms with E-state index in [1.807, 2.05) is 70.2 Å². The van der Waals surface area contributed by atoms with Gasteiger partial charge < -0.3 is 19.7 Å². The molecule has 1 atom stereocenters. The molecule has 6 heteroatoms. The molecule has 154 valence electrons. The number of carbonyl (C=O) groups excluding carboxylic acids is 2. The first-order chi connectivity index (χ1) is 13.8. The Morgan fingerprint density at radius 1 is 1.00 bits per heavy atom. The van der Waals surface area contributed by atoms with Crippen LogP contribution in [-0.4, -0.2) is 30.6 Å². The number of benzene rings is 2. The van der Waals surface area contributed by atoms with Gasteiger partial charge in [-0.15, -0.1) is 0 Å². The van der Waals surface area contributed by atoms with E-state index in [-0.39, 0.29) is 30.4 Å². The zero-order chi connectivity index (χ0) is 21.0. The second-order valence-corrected chi connectivity index (χ2v) is 7.75. The summed E-state index contributed by atoms with van der Waals surface area (Å²) >= 11 is 0. The number of anilines is 2. The van der Waals surface area contributed by atoms with E-state index in [4.69, 9.17) is 9.47 Å². The van der Waals surface area contributed by atoms with Crippen molar-refractivity contribution in [2.75, 3.05) is 16.8 Å². The zero-order valence-corrected chi connectivity index (χ0v) is 17.3. The number of hydrogen-bond acceptors (Lipinski definition) is 4. The van der Waals surface area contributed by atoms with Crippen LogP contribution in [0, 0.1) is 5.92 Å². The second-order valence-electron chi connectivity index (χ2n) is 7.75. The summed E-state index contributed by atoms with van der Waals surface area (Å²) in [7, 11) is 0. The maximum Gasteiger partial charge on any atom is 0.229 e. The Kier molecular flexibility index (Phi) is 6.42. The first-order valence-electron chi connectivity index (χ1n) is 9.96. The fourth-order valence-corrected chi connectivity index (χ4v) is 3.27. The Morgan fingerprint density at radius 3 is 2.31 bits per heavy atom. The molecular weight excluding hydrogens is 368 g/mol. The van der Waals surface area contributed by atoms with Crippen LogP contribution in [0.15, 0.2) is 48.5 Å². The SMILES string of the molecule is CC(C)Oc1ccc(N2C[C@@H](C(=O)Nc3cccc(OC(C)C)c3)CC2=O)cc1. The fourth-order valence-electron chi connectivity index (χ4n) is 3.27. The van der Waals surface area contributed by atoms with E-state index in [1.165, 1.54) is 0 Å². The molecule has 1 fully saturated rings. The number of ether oxygens (including phenoxy) is 2. The average Bonchev–Trinajstić information content (AvgIpc) is 3.03. The second kappa shape index (κ2) is 8.99. The van der Waals surface area contributed by atoms with Crippen LogP contribution < -0.4 is 19.7 Å². The van der Waals surface area contributed by atoms with Crippen molar-refractivity contribution in [1.29, 1.82) is 0 Å². The Labute approximate surface area is 171 Å². The highest BCUT2D eigenvalue weighted by molar-refractivity contribution is 6.03. The lowest BCUT2D eigenvalue weighted by atomic mass is 10.1. The van der Waals surface area contributed by atoms with Crippen LogP contribution >= 0.6 is 0 Å². The van der Waals surface area contributed by atoms with Crippen LogP contribution in [0.4, 0.5) is 11.4 Å². The van der Waals surface area contributed by atoms with Crippen molar-refractivity contribution in [2.45, 2.75) is 46.3 Å². The summed E-state index contributed by atoms with van der Waals surface area (Å²) in [5.74, 6) is 0.837. The van der Waals surface area contributed by atoms with Crippen molar-refractivity contribution in [3.05, 3.63) is 48.5 Å². The summed E-state index contributed by atoms with van der Waals surface area (Å²) in [6.45, 7) is 8.19. The molecule has 0 spiro atoms. The molecule has 6 nitrogen and oxygen atoms in total. The Hall–Kier alpha value is -3.02. The van der Waals surface area contributed by atoms with Crippen molar-refractivity contribution in [3.63, 3.8) is 0 Å². The van der Waals surface area contributed by atoms with Crippen molar-refractivity contribution in [1.82, 2.24) is 0 Å². The number of nitrogens with one attached hydrogen (secondary N) is 1. The van der Waals surface area contributed by atoms with Crippen molar-refractivity contribution in [3.8, 4) is 11.5 Å². The number of carbonyl (C=O) groups is 2. The van der Waals surface area contributed by atoms with E-state index < -0.39 is 5.92 Å². The third-order valence-electron chi connectivity index (χ3n) is 4.49. The molecule has 1 aliphatic heterocycles. The molecule has 0 saturated carbocycles. The maximum atomic E-state index is 12.7. The molecule has 2 amide bonds. The van der Waals surface area contributed by atoms with Crippen LogP contribution in [-0.2, 0) is 9.59 Å². The highest BCUT2D eigenvalue weighted by atomic mass is 16.5. The van der Waals surface area contributed by atoms with Gasteiger partial charge >= 0.3 is 0 Å². The molecule has 2 aromatic rings. The van der Waals surface area contributed by atoms with Crippen molar-refractivity contribution in [2.24, 2.45) is 5.92 Å². The molecule has 1 saturated heterocycles. The van der Waals surface area contributed by atoms with E-state index in [0.29, 0.717) is 18.0 Å². The average molecular weight is 396 g/mol. The molecule has 1 heterocycles. The van der Waals surface area contributed by atoms with Gasteiger partial charge in [0.25, 0.3) is 0 Å². The summed E-state index contributed by atoms with van der Waals surface area (Å²) in [5.41, 5.74) is 1.43. The molecule has 0 bridgehead atoms. The van der Waals surface area contributed by atoms with Gasteiger partial charge in [-0.05, 0) is 64.1 Å². The molecule has 1 aliphatic rings. The fraction of sp³-hybridized carbons (Fsp3) is 0.391. The summed E-state index contributed by atoms with van der Waals surface area (Å²) < 4.78 is 11.3. The zero-order valence-electron chi connectivity index (χ0n) is 17.3. The third-order valence-corrected chi connectivity index (χ3v) is 4.49. The van der Waals surface area contributed by atoms with Gasteiger partial charge in [-0.3, -0.25) is 9.59 Å². The topological polar surface area (TPSA) is 67.9 Å². The molecular formula is C23H28N2O4. The van der Waals surface area contributed by atoms with E-state index >= 15 is 0 Å². The van der Waals surface area contributed by atoms with E-state index in [1.54, 1.807) is 11.0 Å². The molecule has 29 heavy (non-hydrogen) atoms. The van der Waals surface area contributed by atoms with Crippen LogP contribution in [0.2, 0.25) is 0 Å². The van der Waals surface area contributed by atoms with Gasteiger partial charge in [-0.1, -0.05) is 6.07 Å². The van der Waals surface area contributed by atoms with Gasteiger partial charge in [-0.25, -0.2) is 0 Å². The Balaban J connectivity index is 1.63. The number of hydrogen-bond donors (Lipinski definition) is 1. The van der Waals surface area contributed by atoms with Crippen molar-refractivity contribution < 1.29 is 19.1 Å². The van der Waals surface area contributed by atoms with Gasteiger partial charge in [0.2, 0.25) is 11.8 Å². The van der Waals surface area contributed by atoms with Crippen molar-refractivity contribution >= 4 is 23.2 Å². The highest BCUT2D eigenvalue weighted by Crippen LogP contribution is 2.28. The third kappa shape index (κ3) is 5.50. The summed E-state index contributed by atoms with van der Waals surface area (Å²) in [5, 5.41) is 2.90. The standard InChI is InChI=1S/C23H28N2O4/c1-15(2)28-20-10-8-19(9-11-20)25-14-17(12-22(25)26)23(27)24-18-6-5-7-21(13-18)29-16(3)4/h5-11,13,15-17H,12,14H2,1-4H3,(H,24,27)/t17-/m0/s1.